The fraction of sp³-hybridized carbons (Fsp3) is 0.344. The van der Waals surface area contributed by atoms with Crippen molar-refractivity contribution < 1.29 is 19.1 Å². The predicted octanol–water partition coefficient (Wildman–Crippen LogP) is 5.43. The van der Waals surface area contributed by atoms with E-state index in [9.17, 15) is 14.4 Å². The molecule has 1 saturated carbocycles. The van der Waals surface area contributed by atoms with Gasteiger partial charge in [-0.15, -0.1) is 0 Å². The molecule has 1 aliphatic heterocycles. The summed E-state index contributed by atoms with van der Waals surface area (Å²) in [5.41, 5.74) is 9.06. The number of benzene rings is 3. The van der Waals surface area contributed by atoms with Crippen LogP contribution in [0.15, 0.2) is 66.7 Å². The predicted molar refractivity (Wildman–Crippen MR) is 160 cm³/mol. The summed E-state index contributed by atoms with van der Waals surface area (Å²) in [7, 11) is 0. The Kier molecular flexibility index (Phi) is 9.21. The van der Waals surface area contributed by atoms with Crippen LogP contribution < -0.4 is 26.0 Å². The van der Waals surface area contributed by atoms with Crippen molar-refractivity contribution in [3.8, 4) is 5.75 Å². The number of carbonyl (C=O) groups excluding carboxylic acids is 3. The number of hydrogen-bond acceptors (Lipinski definition) is 5. The van der Waals surface area contributed by atoms with Crippen molar-refractivity contribution in [2.24, 2.45) is 11.7 Å². The lowest BCUT2D eigenvalue weighted by Crippen LogP contribution is -2.47. The van der Waals surface area contributed by atoms with Gasteiger partial charge in [-0.25, -0.2) is 0 Å². The zero-order valence-electron chi connectivity index (χ0n) is 22.9. The van der Waals surface area contributed by atoms with Gasteiger partial charge in [0, 0.05) is 36.1 Å². The van der Waals surface area contributed by atoms with E-state index in [2.05, 4.69) is 10.6 Å². The van der Waals surface area contributed by atoms with Gasteiger partial charge in [0.05, 0.1) is 11.4 Å². The number of nitrogens with two attached hydrogens (primary N) is 1. The normalized spacial score (nSPS) is 17.3. The summed E-state index contributed by atoms with van der Waals surface area (Å²) in [6, 6.07) is 19.4. The van der Waals surface area contributed by atoms with Crippen LogP contribution in [-0.2, 0) is 22.7 Å². The molecule has 8 nitrogen and oxygen atoms in total. The zero-order chi connectivity index (χ0) is 28.8. The van der Waals surface area contributed by atoms with Crippen LogP contribution in [0.2, 0.25) is 5.02 Å². The molecule has 0 saturated heterocycles. The summed E-state index contributed by atoms with van der Waals surface area (Å²) in [5.74, 6) is 0.0341. The Hall–Kier alpha value is -3.88. The van der Waals surface area contributed by atoms with E-state index in [-0.39, 0.29) is 42.7 Å². The number of rotatable bonds is 8. The van der Waals surface area contributed by atoms with E-state index in [0.29, 0.717) is 40.8 Å². The number of hydrogen-bond donors (Lipinski definition) is 3. The monoisotopic (exact) mass is 574 g/mol. The van der Waals surface area contributed by atoms with Crippen molar-refractivity contribution in [2.45, 2.75) is 57.7 Å². The summed E-state index contributed by atoms with van der Waals surface area (Å²) in [6.07, 6.45) is 5.42. The Labute approximate surface area is 245 Å². The quantitative estimate of drug-likeness (QED) is 0.332. The highest BCUT2D eigenvalue weighted by molar-refractivity contribution is 6.30. The SMILES string of the molecule is NCc1cccc(CNC(=O)c2ccc3c(c2)NC(=O)CC(C2CCCCC2)N3C(=O)COc2ccc(Cl)cc2)c1. The lowest BCUT2D eigenvalue weighted by Gasteiger charge is -2.37. The summed E-state index contributed by atoms with van der Waals surface area (Å²) >= 11 is 5.98. The summed E-state index contributed by atoms with van der Waals surface area (Å²) in [4.78, 5) is 41.7. The minimum atomic E-state index is -0.299. The molecule has 2 aliphatic rings. The van der Waals surface area contributed by atoms with Crippen LogP contribution in [0.5, 0.6) is 5.75 Å². The minimum Gasteiger partial charge on any atom is -0.484 e. The molecule has 3 aromatic rings. The van der Waals surface area contributed by atoms with Crippen LogP contribution in [0.25, 0.3) is 0 Å². The van der Waals surface area contributed by atoms with Gasteiger partial charge in [0.1, 0.15) is 5.75 Å². The van der Waals surface area contributed by atoms with Gasteiger partial charge in [0.25, 0.3) is 11.8 Å². The second kappa shape index (κ2) is 13.2. The molecule has 3 amide bonds. The summed E-state index contributed by atoms with van der Waals surface area (Å²) in [6.45, 7) is 0.573. The molecule has 1 atom stereocenters. The molecule has 5 rings (SSSR count). The van der Waals surface area contributed by atoms with Gasteiger partial charge in [-0.3, -0.25) is 14.4 Å². The third-order valence-corrected chi connectivity index (χ3v) is 8.09. The Morgan fingerprint density at radius 2 is 1.76 bits per heavy atom. The lowest BCUT2D eigenvalue weighted by atomic mass is 9.81. The fourth-order valence-corrected chi connectivity index (χ4v) is 5.89. The van der Waals surface area contributed by atoms with Gasteiger partial charge in [-0.05, 0) is 72.4 Å². The van der Waals surface area contributed by atoms with Gasteiger partial charge in [0.2, 0.25) is 5.91 Å². The number of carbonyl (C=O) groups is 3. The van der Waals surface area contributed by atoms with Crippen molar-refractivity contribution >= 4 is 40.7 Å². The number of nitrogens with zero attached hydrogens (tertiary/aromatic N) is 1. The van der Waals surface area contributed by atoms with Gasteiger partial charge < -0.3 is 26.0 Å². The molecule has 1 unspecified atom stereocenters. The van der Waals surface area contributed by atoms with E-state index in [1.165, 1.54) is 0 Å². The lowest BCUT2D eigenvalue weighted by molar-refractivity contribution is -0.121. The van der Waals surface area contributed by atoms with Crippen molar-refractivity contribution in [3.05, 3.63) is 88.4 Å². The molecule has 9 heteroatoms. The van der Waals surface area contributed by atoms with Crippen LogP contribution in [0, 0.1) is 5.92 Å². The second-order valence-corrected chi connectivity index (χ2v) is 11.1. The highest BCUT2D eigenvalue weighted by atomic mass is 35.5. The molecule has 1 fully saturated rings. The molecular weight excluding hydrogens is 540 g/mol. The molecule has 0 aromatic heterocycles. The smallest absolute Gasteiger partial charge is 0.265 e. The van der Waals surface area contributed by atoms with E-state index in [0.717, 1.165) is 43.2 Å². The van der Waals surface area contributed by atoms with Gasteiger partial charge in [-0.2, -0.15) is 0 Å². The van der Waals surface area contributed by atoms with Crippen molar-refractivity contribution in [1.82, 2.24) is 5.32 Å². The van der Waals surface area contributed by atoms with E-state index >= 15 is 0 Å². The van der Waals surface area contributed by atoms with E-state index in [1.54, 1.807) is 47.4 Å². The molecule has 1 heterocycles. The number of fused-ring (bicyclic) bond motifs is 1. The molecule has 41 heavy (non-hydrogen) atoms. The Bertz CT molecular complexity index is 1410. The fourth-order valence-electron chi connectivity index (χ4n) is 5.76. The zero-order valence-corrected chi connectivity index (χ0v) is 23.7. The standard InChI is InChI=1S/C32H35ClN4O4/c33-25-10-12-26(13-11-25)41-20-31(39)37-28-14-9-24(32(40)35-19-22-6-4-5-21(15-22)18-34)16-27(28)36-30(38)17-29(37)23-7-2-1-3-8-23/h4-6,9-16,23,29H,1-3,7-8,17-20,34H2,(H,35,40)(H,36,38). The number of halogens is 1. The maximum Gasteiger partial charge on any atom is 0.265 e. The molecule has 1 aliphatic carbocycles. The molecular formula is C32H35ClN4O4. The van der Waals surface area contributed by atoms with E-state index < -0.39 is 0 Å². The van der Waals surface area contributed by atoms with Crippen LogP contribution >= 0.6 is 11.6 Å². The topological polar surface area (TPSA) is 114 Å². The third kappa shape index (κ3) is 7.07. The third-order valence-electron chi connectivity index (χ3n) is 7.84. The van der Waals surface area contributed by atoms with E-state index in [4.69, 9.17) is 22.1 Å². The van der Waals surface area contributed by atoms with Gasteiger partial charge in [0.15, 0.2) is 6.61 Å². The largest absolute Gasteiger partial charge is 0.484 e. The van der Waals surface area contributed by atoms with Crippen molar-refractivity contribution in [3.63, 3.8) is 0 Å². The number of anilines is 2. The van der Waals surface area contributed by atoms with Crippen LogP contribution in [0.4, 0.5) is 11.4 Å². The highest BCUT2D eigenvalue weighted by Crippen LogP contribution is 2.39. The average Bonchev–Trinajstić information content (AvgIpc) is 3.15. The number of ether oxygens (including phenoxy) is 1. The van der Waals surface area contributed by atoms with E-state index in [1.807, 2.05) is 24.3 Å². The minimum absolute atomic E-state index is 0.174. The molecule has 0 radical (unpaired) electrons. The summed E-state index contributed by atoms with van der Waals surface area (Å²) < 4.78 is 5.82. The van der Waals surface area contributed by atoms with Crippen LogP contribution in [-0.4, -0.2) is 30.4 Å². The maximum absolute atomic E-state index is 13.8. The first kappa shape index (κ1) is 28.6. The summed E-state index contributed by atoms with van der Waals surface area (Å²) in [5, 5.41) is 6.47. The van der Waals surface area contributed by atoms with Crippen molar-refractivity contribution in [2.75, 3.05) is 16.8 Å². The first-order valence-electron chi connectivity index (χ1n) is 14.1. The number of amides is 3. The molecule has 0 spiro atoms. The number of nitrogens with one attached hydrogen (secondary N) is 2. The first-order valence-corrected chi connectivity index (χ1v) is 14.5. The van der Waals surface area contributed by atoms with Crippen LogP contribution in [0.1, 0.15) is 60.0 Å². The van der Waals surface area contributed by atoms with Crippen LogP contribution in [0.3, 0.4) is 0 Å². The maximum atomic E-state index is 13.8. The van der Waals surface area contributed by atoms with Gasteiger partial charge in [-0.1, -0.05) is 55.1 Å². The molecule has 3 aromatic carbocycles. The second-order valence-electron chi connectivity index (χ2n) is 10.7. The Morgan fingerprint density at radius 1 is 1.00 bits per heavy atom. The molecule has 4 N–H and O–H groups in total. The molecule has 214 valence electrons. The van der Waals surface area contributed by atoms with Gasteiger partial charge >= 0.3 is 0 Å². The highest BCUT2D eigenvalue weighted by Gasteiger charge is 2.38. The molecule has 0 bridgehead atoms. The Balaban J connectivity index is 1.39. The Morgan fingerprint density at radius 3 is 2.51 bits per heavy atom. The van der Waals surface area contributed by atoms with Crippen molar-refractivity contribution in [1.29, 1.82) is 0 Å². The first-order chi connectivity index (χ1) is 19.9. The average molecular weight is 575 g/mol.